The number of amides is 1. The Bertz CT molecular complexity index is 987. The number of hydrogen-bond donors (Lipinski definition) is 0. The first-order chi connectivity index (χ1) is 12.0. The van der Waals surface area contributed by atoms with E-state index < -0.39 is 0 Å². The second-order valence-electron chi connectivity index (χ2n) is 5.78. The number of rotatable bonds is 4. The molecule has 0 atom stereocenters. The molecule has 1 heterocycles. The van der Waals surface area contributed by atoms with E-state index >= 15 is 0 Å². The van der Waals surface area contributed by atoms with E-state index in [2.05, 4.69) is 42.5 Å². The van der Waals surface area contributed by atoms with Gasteiger partial charge >= 0.3 is 0 Å². The van der Waals surface area contributed by atoms with Gasteiger partial charge in [-0.1, -0.05) is 22.9 Å². The van der Waals surface area contributed by atoms with Gasteiger partial charge in [-0.05, 0) is 68.3 Å². The minimum atomic E-state index is -0.308. The highest BCUT2D eigenvalue weighted by molar-refractivity contribution is 7.16. The van der Waals surface area contributed by atoms with Crippen LogP contribution >= 0.6 is 22.9 Å². The van der Waals surface area contributed by atoms with Crippen LogP contribution in [0.2, 0.25) is 5.02 Å². The van der Waals surface area contributed by atoms with Crippen molar-refractivity contribution in [2.24, 2.45) is 4.99 Å². The Kier molecular flexibility index (Phi) is 5.25. The number of aromatic nitrogens is 1. The molecule has 1 amide bonds. The average Bonchev–Trinajstić information content (AvgIpc) is 2.90. The van der Waals surface area contributed by atoms with Crippen molar-refractivity contribution in [3.05, 3.63) is 57.3 Å². The Morgan fingerprint density at radius 2 is 1.88 bits per heavy atom. The number of hydrogen-bond acceptors (Lipinski definition) is 3. The van der Waals surface area contributed by atoms with E-state index in [0.717, 1.165) is 16.8 Å². The first-order valence-corrected chi connectivity index (χ1v) is 9.24. The van der Waals surface area contributed by atoms with Gasteiger partial charge in [-0.15, -0.1) is 0 Å². The second kappa shape index (κ2) is 7.42. The Balaban J connectivity index is 1.86. The van der Waals surface area contributed by atoms with Gasteiger partial charge in [0.05, 0.1) is 10.2 Å². The predicted molar refractivity (Wildman–Crippen MR) is 102 cm³/mol. The third-order valence-electron chi connectivity index (χ3n) is 4.01. The van der Waals surface area contributed by atoms with Crippen molar-refractivity contribution in [1.82, 2.24) is 4.57 Å². The van der Waals surface area contributed by atoms with Crippen LogP contribution in [0.1, 0.15) is 18.1 Å². The fourth-order valence-electron chi connectivity index (χ4n) is 2.53. The number of benzene rings is 2. The highest BCUT2D eigenvalue weighted by Crippen LogP contribution is 2.22. The lowest BCUT2D eigenvalue weighted by molar-refractivity contribution is -0.120. The maximum absolute atomic E-state index is 12.2. The van der Waals surface area contributed by atoms with Crippen molar-refractivity contribution in [3.63, 3.8) is 0 Å². The summed E-state index contributed by atoms with van der Waals surface area (Å²) < 4.78 is 8.67. The fourth-order valence-corrected chi connectivity index (χ4v) is 3.84. The highest BCUT2D eigenvalue weighted by Gasteiger charge is 2.09. The fraction of sp³-hybridized carbons (Fsp3) is 0.263. The van der Waals surface area contributed by atoms with Gasteiger partial charge in [0.1, 0.15) is 5.75 Å². The number of aryl methyl sites for hydroxylation is 3. The smallest absolute Gasteiger partial charge is 0.286 e. The first kappa shape index (κ1) is 17.7. The number of carbonyl (C=O) groups is 1. The summed E-state index contributed by atoms with van der Waals surface area (Å²) in [6, 6.07) is 11.2. The van der Waals surface area contributed by atoms with Crippen molar-refractivity contribution >= 4 is 39.1 Å². The van der Waals surface area contributed by atoms with Crippen molar-refractivity contribution < 1.29 is 9.53 Å². The summed E-state index contributed by atoms with van der Waals surface area (Å²) in [5.41, 5.74) is 3.58. The molecule has 0 saturated heterocycles. The summed E-state index contributed by atoms with van der Waals surface area (Å²) in [6.07, 6.45) is 0. The molecule has 2 aromatic carbocycles. The topological polar surface area (TPSA) is 43.6 Å². The standard InChI is InChI=1S/C19H19ClN2O2S/c1-4-22-16-9-12(2)13(3)10-17(16)25-19(22)21-18(23)11-24-15-7-5-14(20)6-8-15/h5-10H,4,11H2,1-3H3. The minimum Gasteiger partial charge on any atom is -0.484 e. The molecular weight excluding hydrogens is 356 g/mol. The number of carbonyl (C=O) groups excluding carboxylic acids is 1. The number of nitrogens with zero attached hydrogens (tertiary/aromatic N) is 2. The van der Waals surface area contributed by atoms with Crippen LogP contribution in [0, 0.1) is 13.8 Å². The molecule has 4 nitrogen and oxygen atoms in total. The van der Waals surface area contributed by atoms with Crippen molar-refractivity contribution in [2.75, 3.05) is 6.61 Å². The molecule has 3 rings (SSSR count). The van der Waals surface area contributed by atoms with Crippen LogP contribution in [0.25, 0.3) is 10.2 Å². The lowest BCUT2D eigenvalue weighted by Crippen LogP contribution is -2.18. The van der Waals surface area contributed by atoms with Gasteiger partial charge in [-0.3, -0.25) is 4.79 Å². The largest absolute Gasteiger partial charge is 0.484 e. The van der Waals surface area contributed by atoms with Gasteiger partial charge in [0.15, 0.2) is 11.4 Å². The van der Waals surface area contributed by atoms with Gasteiger partial charge < -0.3 is 9.30 Å². The lowest BCUT2D eigenvalue weighted by Gasteiger charge is -2.04. The van der Waals surface area contributed by atoms with E-state index in [9.17, 15) is 4.79 Å². The number of fused-ring (bicyclic) bond motifs is 1. The second-order valence-corrected chi connectivity index (χ2v) is 7.23. The highest BCUT2D eigenvalue weighted by atomic mass is 35.5. The van der Waals surface area contributed by atoms with E-state index in [0.29, 0.717) is 15.6 Å². The minimum absolute atomic E-state index is 0.0996. The van der Waals surface area contributed by atoms with Crippen LogP contribution < -0.4 is 9.54 Å². The van der Waals surface area contributed by atoms with E-state index in [1.165, 1.54) is 22.5 Å². The van der Waals surface area contributed by atoms with Crippen LogP contribution in [-0.4, -0.2) is 17.1 Å². The predicted octanol–water partition coefficient (Wildman–Crippen LogP) is 4.50. The van der Waals surface area contributed by atoms with Gasteiger partial charge in [-0.25, -0.2) is 0 Å². The van der Waals surface area contributed by atoms with Gasteiger partial charge in [0.2, 0.25) is 0 Å². The molecule has 25 heavy (non-hydrogen) atoms. The lowest BCUT2D eigenvalue weighted by atomic mass is 10.1. The summed E-state index contributed by atoms with van der Waals surface area (Å²) in [4.78, 5) is 17.2. The maximum atomic E-state index is 12.2. The molecule has 0 aliphatic rings. The van der Waals surface area contributed by atoms with Crippen LogP contribution in [0.15, 0.2) is 41.4 Å². The molecule has 3 aromatic rings. The molecule has 130 valence electrons. The SMILES string of the molecule is CCn1c(=NC(=O)COc2ccc(Cl)cc2)sc2cc(C)c(C)cc21. The Labute approximate surface area is 155 Å². The molecule has 0 aliphatic heterocycles. The Morgan fingerprint density at radius 3 is 2.56 bits per heavy atom. The quantitative estimate of drug-likeness (QED) is 0.674. The zero-order valence-corrected chi connectivity index (χ0v) is 15.9. The van der Waals surface area contributed by atoms with Crippen molar-refractivity contribution in [2.45, 2.75) is 27.3 Å². The Hall–Kier alpha value is -2.11. The Morgan fingerprint density at radius 1 is 1.20 bits per heavy atom. The molecule has 6 heteroatoms. The third-order valence-corrected chi connectivity index (χ3v) is 5.30. The third kappa shape index (κ3) is 3.94. The first-order valence-electron chi connectivity index (χ1n) is 8.04. The number of ether oxygens (including phenoxy) is 1. The molecular formula is C19H19ClN2O2S. The molecule has 0 saturated carbocycles. The molecule has 0 spiro atoms. The number of halogens is 1. The zero-order valence-electron chi connectivity index (χ0n) is 14.4. The normalized spacial score (nSPS) is 11.9. The summed E-state index contributed by atoms with van der Waals surface area (Å²) in [5, 5.41) is 0.628. The summed E-state index contributed by atoms with van der Waals surface area (Å²) in [7, 11) is 0. The van der Waals surface area contributed by atoms with E-state index in [1.54, 1.807) is 24.3 Å². The molecule has 0 radical (unpaired) electrons. The van der Waals surface area contributed by atoms with Crippen LogP contribution in [0.4, 0.5) is 0 Å². The molecule has 1 aromatic heterocycles. The molecule has 0 fully saturated rings. The van der Waals surface area contributed by atoms with E-state index in [4.69, 9.17) is 16.3 Å². The number of thiazole rings is 1. The summed E-state index contributed by atoms with van der Waals surface area (Å²) in [6.45, 7) is 6.89. The van der Waals surface area contributed by atoms with Gasteiger partial charge in [0, 0.05) is 11.6 Å². The monoisotopic (exact) mass is 374 g/mol. The van der Waals surface area contributed by atoms with Gasteiger partial charge in [-0.2, -0.15) is 4.99 Å². The summed E-state index contributed by atoms with van der Waals surface area (Å²) in [5.74, 6) is 0.288. The van der Waals surface area contributed by atoms with Crippen molar-refractivity contribution in [1.29, 1.82) is 0 Å². The molecule has 0 bridgehead atoms. The van der Waals surface area contributed by atoms with Crippen LogP contribution in [-0.2, 0) is 11.3 Å². The van der Waals surface area contributed by atoms with Crippen LogP contribution in [0.3, 0.4) is 0 Å². The van der Waals surface area contributed by atoms with E-state index in [-0.39, 0.29) is 12.5 Å². The molecule has 0 aliphatic carbocycles. The molecule has 0 unspecified atom stereocenters. The van der Waals surface area contributed by atoms with Gasteiger partial charge in [0.25, 0.3) is 5.91 Å². The van der Waals surface area contributed by atoms with E-state index in [1.807, 2.05) is 0 Å². The zero-order chi connectivity index (χ0) is 18.0. The maximum Gasteiger partial charge on any atom is 0.286 e. The molecule has 0 N–H and O–H groups in total. The van der Waals surface area contributed by atoms with Crippen LogP contribution in [0.5, 0.6) is 5.75 Å². The summed E-state index contributed by atoms with van der Waals surface area (Å²) >= 11 is 7.36. The average molecular weight is 375 g/mol. The van der Waals surface area contributed by atoms with Crippen molar-refractivity contribution in [3.8, 4) is 5.75 Å².